The van der Waals surface area contributed by atoms with Crippen molar-refractivity contribution in [3.8, 4) is 5.75 Å². The topological polar surface area (TPSA) is 111 Å². The van der Waals surface area contributed by atoms with Crippen LogP contribution in [0.3, 0.4) is 0 Å². The van der Waals surface area contributed by atoms with Crippen molar-refractivity contribution in [1.29, 1.82) is 0 Å². The molecule has 2 atom stereocenters. The predicted molar refractivity (Wildman–Crippen MR) is 137 cm³/mol. The number of hydrogen-bond acceptors (Lipinski definition) is 5. The molecule has 5 N–H and O–H groups in total. The summed E-state index contributed by atoms with van der Waals surface area (Å²) >= 11 is 5.99. The normalized spacial score (nSPS) is 18.4. The molecule has 1 heterocycles. The van der Waals surface area contributed by atoms with Crippen LogP contribution in [-0.4, -0.2) is 34.6 Å². The quantitative estimate of drug-likeness (QED) is 0.340. The fourth-order valence-electron chi connectivity index (χ4n) is 4.11. The third-order valence-corrected chi connectivity index (χ3v) is 5.91. The van der Waals surface area contributed by atoms with E-state index in [4.69, 9.17) is 37.8 Å². The number of ether oxygens (including phenoxy) is 1. The number of rotatable bonds is 7. The Labute approximate surface area is 198 Å². The number of fused-ring (bicyclic) bond motifs is 1. The molecule has 1 aliphatic rings. The molecule has 2 unspecified atom stereocenters. The highest BCUT2D eigenvalue weighted by atomic mass is 35.5. The van der Waals surface area contributed by atoms with Crippen molar-refractivity contribution >= 4 is 46.4 Å². The monoisotopic (exact) mass is 464 g/mol. The van der Waals surface area contributed by atoms with Crippen LogP contribution in [0.4, 0.5) is 5.82 Å². The summed E-state index contributed by atoms with van der Waals surface area (Å²) in [7, 11) is 0. The number of nitrogens with two attached hydrogens (primary N) is 2. The van der Waals surface area contributed by atoms with E-state index in [0.717, 1.165) is 53.7 Å². The van der Waals surface area contributed by atoms with E-state index in [1.807, 2.05) is 61.5 Å². The Kier molecular flexibility index (Phi) is 7.29. The van der Waals surface area contributed by atoms with Crippen molar-refractivity contribution in [2.75, 3.05) is 11.9 Å². The van der Waals surface area contributed by atoms with Crippen molar-refractivity contribution in [2.45, 2.75) is 44.7 Å². The number of guanidine groups is 1. The molecular formula is C25H29ClN6O. The van der Waals surface area contributed by atoms with E-state index < -0.39 is 0 Å². The molecular weight excluding hydrogens is 436 g/mol. The van der Waals surface area contributed by atoms with Crippen LogP contribution in [0.25, 0.3) is 23.1 Å². The third kappa shape index (κ3) is 5.93. The highest BCUT2D eigenvalue weighted by Gasteiger charge is 2.26. The van der Waals surface area contributed by atoms with Crippen molar-refractivity contribution in [1.82, 2.24) is 9.97 Å². The minimum atomic E-state index is 0.0110. The molecule has 1 saturated carbocycles. The predicted octanol–water partition coefficient (Wildman–Crippen LogP) is 4.85. The molecule has 7 nitrogen and oxygen atoms in total. The van der Waals surface area contributed by atoms with Gasteiger partial charge in [0.15, 0.2) is 11.8 Å². The van der Waals surface area contributed by atoms with Gasteiger partial charge in [-0.2, -0.15) is 0 Å². The lowest BCUT2D eigenvalue weighted by Gasteiger charge is -2.30. The summed E-state index contributed by atoms with van der Waals surface area (Å²) in [6, 6.07) is 13.6. The fourth-order valence-corrected chi connectivity index (χ4v) is 4.24. The number of halogens is 1. The Bertz CT molecular complexity index is 1160. The number of nitrogens with one attached hydrogen (secondary N) is 1. The molecule has 1 aliphatic carbocycles. The molecule has 0 spiro atoms. The SMILES string of the molecule is CCOc1ccc2nc(/C=C/c3ccc(Cl)cc3)nc(NC3CCCCC3N=C(N)N)c2c1. The van der Waals surface area contributed by atoms with Gasteiger partial charge in [-0.25, -0.2) is 15.0 Å². The molecule has 1 aromatic heterocycles. The fraction of sp³-hybridized carbons (Fsp3) is 0.320. The minimum Gasteiger partial charge on any atom is -0.494 e. The first-order chi connectivity index (χ1) is 16.0. The summed E-state index contributed by atoms with van der Waals surface area (Å²) in [5.41, 5.74) is 13.2. The summed E-state index contributed by atoms with van der Waals surface area (Å²) in [6.45, 7) is 2.55. The Balaban J connectivity index is 1.71. The Morgan fingerprint density at radius 3 is 2.67 bits per heavy atom. The summed E-state index contributed by atoms with van der Waals surface area (Å²) < 4.78 is 5.71. The molecule has 4 rings (SSSR count). The molecule has 1 fully saturated rings. The first-order valence-corrected chi connectivity index (χ1v) is 11.6. The highest BCUT2D eigenvalue weighted by molar-refractivity contribution is 6.30. The van der Waals surface area contributed by atoms with Crippen LogP contribution in [0.5, 0.6) is 5.75 Å². The van der Waals surface area contributed by atoms with Gasteiger partial charge in [-0.05, 0) is 61.7 Å². The minimum absolute atomic E-state index is 0.0110. The van der Waals surface area contributed by atoms with E-state index in [9.17, 15) is 0 Å². The molecule has 33 heavy (non-hydrogen) atoms. The number of benzene rings is 2. The van der Waals surface area contributed by atoms with Crippen molar-refractivity contribution in [2.24, 2.45) is 16.5 Å². The largest absolute Gasteiger partial charge is 0.494 e. The maximum absolute atomic E-state index is 5.99. The number of hydrogen-bond donors (Lipinski definition) is 3. The summed E-state index contributed by atoms with van der Waals surface area (Å²) in [4.78, 5) is 14.0. The highest BCUT2D eigenvalue weighted by Crippen LogP contribution is 2.30. The van der Waals surface area contributed by atoms with Gasteiger partial charge in [0.2, 0.25) is 0 Å². The molecule has 172 valence electrons. The van der Waals surface area contributed by atoms with Crippen molar-refractivity contribution < 1.29 is 4.74 Å². The first-order valence-electron chi connectivity index (χ1n) is 11.3. The first kappa shape index (κ1) is 22.9. The van der Waals surface area contributed by atoms with Gasteiger partial charge in [0.25, 0.3) is 0 Å². The molecule has 0 amide bonds. The molecule has 0 radical (unpaired) electrons. The zero-order valence-corrected chi connectivity index (χ0v) is 19.4. The molecule has 0 bridgehead atoms. The molecule has 8 heteroatoms. The van der Waals surface area contributed by atoms with Gasteiger partial charge >= 0.3 is 0 Å². The van der Waals surface area contributed by atoms with Crippen LogP contribution >= 0.6 is 11.6 Å². The van der Waals surface area contributed by atoms with Crippen LogP contribution < -0.4 is 21.5 Å². The number of aliphatic imine (C=N–C) groups is 1. The van der Waals surface area contributed by atoms with Crippen LogP contribution in [0.15, 0.2) is 47.5 Å². The standard InChI is InChI=1S/C25H29ClN6O/c1-2-33-18-12-13-20-19(15-18)24(30-21-5-3-4-6-22(21)31-25(27)28)32-23(29-20)14-9-16-7-10-17(26)11-8-16/h7-15,21-22H,2-6H2,1H3,(H4,27,28,31)(H,29,30,32)/b14-9+. The van der Waals surface area contributed by atoms with Crippen LogP contribution in [-0.2, 0) is 0 Å². The maximum atomic E-state index is 5.99. The third-order valence-electron chi connectivity index (χ3n) is 5.66. The maximum Gasteiger partial charge on any atom is 0.186 e. The second-order valence-corrected chi connectivity index (χ2v) is 8.52. The summed E-state index contributed by atoms with van der Waals surface area (Å²) in [5.74, 6) is 2.26. The summed E-state index contributed by atoms with van der Waals surface area (Å²) in [5, 5.41) is 5.22. The van der Waals surface area contributed by atoms with Gasteiger partial charge in [-0.3, -0.25) is 0 Å². The van der Waals surface area contributed by atoms with Gasteiger partial charge < -0.3 is 21.5 Å². The molecule has 0 aliphatic heterocycles. The Hall–Kier alpha value is -3.32. The molecule has 0 saturated heterocycles. The van der Waals surface area contributed by atoms with E-state index in [-0.39, 0.29) is 18.0 Å². The number of aromatic nitrogens is 2. The second kappa shape index (κ2) is 10.5. The van der Waals surface area contributed by atoms with Crippen LogP contribution in [0.1, 0.15) is 44.0 Å². The zero-order chi connectivity index (χ0) is 23.2. The Morgan fingerprint density at radius 1 is 1.12 bits per heavy atom. The smallest absolute Gasteiger partial charge is 0.186 e. The van der Waals surface area contributed by atoms with Gasteiger partial charge in [-0.1, -0.05) is 42.7 Å². The van der Waals surface area contributed by atoms with E-state index >= 15 is 0 Å². The lowest BCUT2D eigenvalue weighted by Crippen LogP contribution is -2.38. The zero-order valence-electron chi connectivity index (χ0n) is 18.7. The lowest BCUT2D eigenvalue weighted by atomic mass is 9.90. The van der Waals surface area contributed by atoms with Crippen molar-refractivity contribution in [3.63, 3.8) is 0 Å². The van der Waals surface area contributed by atoms with E-state index in [2.05, 4.69) is 10.3 Å². The van der Waals surface area contributed by atoms with Crippen LogP contribution in [0.2, 0.25) is 5.02 Å². The average molecular weight is 465 g/mol. The van der Waals surface area contributed by atoms with E-state index in [1.165, 1.54) is 0 Å². The average Bonchev–Trinajstić information content (AvgIpc) is 2.80. The number of nitrogens with zero attached hydrogens (tertiary/aromatic N) is 3. The van der Waals surface area contributed by atoms with Crippen LogP contribution in [0, 0.1) is 0 Å². The molecule has 2 aromatic carbocycles. The van der Waals surface area contributed by atoms with Gasteiger partial charge in [-0.15, -0.1) is 0 Å². The van der Waals surface area contributed by atoms with Gasteiger partial charge in [0.05, 0.1) is 24.2 Å². The van der Waals surface area contributed by atoms with Gasteiger partial charge in [0, 0.05) is 10.4 Å². The van der Waals surface area contributed by atoms with E-state index in [1.54, 1.807) is 0 Å². The molecule has 3 aromatic rings. The Morgan fingerprint density at radius 2 is 1.91 bits per heavy atom. The lowest BCUT2D eigenvalue weighted by molar-refractivity contribution is 0.340. The van der Waals surface area contributed by atoms with E-state index in [0.29, 0.717) is 17.5 Å². The van der Waals surface area contributed by atoms with Crippen molar-refractivity contribution in [3.05, 3.63) is 58.9 Å². The second-order valence-electron chi connectivity index (χ2n) is 8.08. The van der Waals surface area contributed by atoms with Gasteiger partial charge in [0.1, 0.15) is 11.6 Å². The number of anilines is 1. The summed E-state index contributed by atoms with van der Waals surface area (Å²) in [6.07, 6.45) is 8.00.